The van der Waals surface area contributed by atoms with Gasteiger partial charge in [0.1, 0.15) is 6.10 Å². The number of aliphatic hydroxyl groups excluding tert-OH is 1. The Hall–Kier alpha value is -0.160. The quantitative estimate of drug-likeness (QED) is 0.648. The molecule has 0 aromatic rings. The molecule has 0 aromatic carbocycles. The first-order chi connectivity index (χ1) is 7.33. The van der Waals surface area contributed by atoms with Crippen molar-refractivity contribution in [2.24, 2.45) is 5.92 Å². The molecule has 1 saturated heterocycles. The molecule has 0 spiro atoms. The molecule has 1 aliphatic heterocycles. The van der Waals surface area contributed by atoms with E-state index in [4.69, 9.17) is 9.47 Å². The van der Waals surface area contributed by atoms with Crippen molar-refractivity contribution in [1.82, 2.24) is 5.32 Å². The fourth-order valence-corrected chi connectivity index (χ4v) is 1.72. The molecule has 0 saturated carbocycles. The third-order valence-electron chi connectivity index (χ3n) is 2.64. The standard InChI is InChI=1S/C11H23NO3/c1-2-14-8-11(13)9-15-7-10-3-5-12-6-4-10/h10-13H,2-9H2,1H3. The Morgan fingerprint density at radius 3 is 2.60 bits per heavy atom. The van der Waals surface area contributed by atoms with Crippen LogP contribution in [0.4, 0.5) is 0 Å². The smallest absolute Gasteiger partial charge is 0.101 e. The summed E-state index contributed by atoms with van der Waals surface area (Å²) in [6, 6.07) is 0. The number of piperidine rings is 1. The Balaban J connectivity index is 1.94. The number of nitrogens with one attached hydrogen (secondary N) is 1. The van der Waals surface area contributed by atoms with Crippen molar-refractivity contribution in [2.75, 3.05) is 39.5 Å². The fourth-order valence-electron chi connectivity index (χ4n) is 1.72. The molecule has 1 heterocycles. The summed E-state index contributed by atoms with van der Waals surface area (Å²) in [5.41, 5.74) is 0. The van der Waals surface area contributed by atoms with Gasteiger partial charge >= 0.3 is 0 Å². The van der Waals surface area contributed by atoms with Crippen molar-refractivity contribution >= 4 is 0 Å². The van der Waals surface area contributed by atoms with Crippen LogP contribution < -0.4 is 5.32 Å². The average molecular weight is 217 g/mol. The first-order valence-electron chi connectivity index (χ1n) is 5.87. The van der Waals surface area contributed by atoms with E-state index in [2.05, 4.69) is 5.32 Å². The van der Waals surface area contributed by atoms with Crippen LogP contribution in [-0.2, 0) is 9.47 Å². The van der Waals surface area contributed by atoms with Crippen molar-refractivity contribution in [3.63, 3.8) is 0 Å². The molecular weight excluding hydrogens is 194 g/mol. The van der Waals surface area contributed by atoms with Crippen molar-refractivity contribution in [3.05, 3.63) is 0 Å². The minimum atomic E-state index is -0.480. The largest absolute Gasteiger partial charge is 0.388 e. The van der Waals surface area contributed by atoms with Crippen molar-refractivity contribution in [2.45, 2.75) is 25.9 Å². The minimum absolute atomic E-state index is 0.378. The summed E-state index contributed by atoms with van der Waals surface area (Å²) in [7, 11) is 0. The van der Waals surface area contributed by atoms with E-state index in [9.17, 15) is 5.11 Å². The molecule has 1 rings (SSSR count). The van der Waals surface area contributed by atoms with Crippen molar-refractivity contribution in [3.8, 4) is 0 Å². The predicted octanol–water partition coefficient (Wildman–Crippen LogP) is 0.400. The van der Waals surface area contributed by atoms with E-state index in [-0.39, 0.29) is 0 Å². The molecule has 0 bridgehead atoms. The van der Waals surface area contributed by atoms with Crippen molar-refractivity contribution < 1.29 is 14.6 Å². The number of hydrogen-bond donors (Lipinski definition) is 2. The third-order valence-corrected chi connectivity index (χ3v) is 2.64. The number of aliphatic hydroxyl groups is 1. The van der Waals surface area contributed by atoms with Gasteiger partial charge in [0.15, 0.2) is 0 Å². The summed E-state index contributed by atoms with van der Waals surface area (Å²) in [6.07, 6.45) is 1.88. The van der Waals surface area contributed by atoms with Crippen LogP contribution in [0.3, 0.4) is 0 Å². The molecule has 1 atom stereocenters. The molecule has 0 amide bonds. The molecule has 1 aliphatic rings. The highest BCUT2D eigenvalue weighted by molar-refractivity contribution is 4.67. The Labute approximate surface area is 92.0 Å². The summed E-state index contributed by atoms with van der Waals surface area (Å²) in [5.74, 6) is 0.658. The SMILES string of the molecule is CCOCC(O)COCC1CCNCC1. The van der Waals surface area contributed by atoms with E-state index in [1.807, 2.05) is 6.92 Å². The predicted molar refractivity (Wildman–Crippen MR) is 58.9 cm³/mol. The molecule has 2 N–H and O–H groups in total. The molecule has 15 heavy (non-hydrogen) atoms. The van der Waals surface area contributed by atoms with E-state index in [1.165, 1.54) is 12.8 Å². The van der Waals surface area contributed by atoms with Gasteiger partial charge in [-0.25, -0.2) is 0 Å². The van der Waals surface area contributed by atoms with Gasteiger partial charge in [0.2, 0.25) is 0 Å². The summed E-state index contributed by atoms with van der Waals surface area (Å²) in [6.45, 7) is 6.29. The van der Waals surface area contributed by atoms with E-state index in [1.54, 1.807) is 0 Å². The van der Waals surface area contributed by atoms with Gasteiger partial charge in [-0.05, 0) is 38.8 Å². The first kappa shape index (κ1) is 12.9. The lowest BCUT2D eigenvalue weighted by atomic mass is 9.99. The second-order valence-corrected chi connectivity index (χ2v) is 4.04. The van der Waals surface area contributed by atoms with Crippen LogP contribution in [-0.4, -0.2) is 50.7 Å². The Morgan fingerprint density at radius 2 is 1.93 bits per heavy atom. The van der Waals surface area contributed by atoms with Crippen molar-refractivity contribution in [1.29, 1.82) is 0 Å². The normalized spacial score (nSPS) is 20.4. The maximum atomic E-state index is 9.45. The van der Waals surface area contributed by atoms with Gasteiger partial charge in [0, 0.05) is 13.2 Å². The maximum Gasteiger partial charge on any atom is 0.101 e. The lowest BCUT2D eigenvalue weighted by Crippen LogP contribution is -2.31. The monoisotopic (exact) mass is 217 g/mol. The van der Waals surface area contributed by atoms with Gasteiger partial charge < -0.3 is 19.9 Å². The molecule has 0 radical (unpaired) electrons. The maximum absolute atomic E-state index is 9.45. The van der Waals surface area contributed by atoms with Gasteiger partial charge in [-0.1, -0.05) is 0 Å². The molecule has 0 aromatic heterocycles. The molecule has 4 nitrogen and oxygen atoms in total. The zero-order chi connectivity index (χ0) is 10.9. The molecule has 4 heteroatoms. The van der Waals surface area contributed by atoms with E-state index >= 15 is 0 Å². The second-order valence-electron chi connectivity index (χ2n) is 4.04. The Morgan fingerprint density at radius 1 is 1.27 bits per heavy atom. The van der Waals surface area contributed by atoms with E-state index in [0.29, 0.717) is 25.7 Å². The zero-order valence-corrected chi connectivity index (χ0v) is 9.58. The van der Waals surface area contributed by atoms with E-state index in [0.717, 1.165) is 19.7 Å². The van der Waals surface area contributed by atoms with Crippen LogP contribution in [0, 0.1) is 5.92 Å². The van der Waals surface area contributed by atoms with Crippen LogP contribution in [0.2, 0.25) is 0 Å². The molecular formula is C11H23NO3. The molecule has 1 unspecified atom stereocenters. The van der Waals surface area contributed by atoms with Gasteiger partial charge in [-0.3, -0.25) is 0 Å². The Kier molecular flexibility index (Phi) is 6.92. The van der Waals surface area contributed by atoms with Crippen LogP contribution in [0.1, 0.15) is 19.8 Å². The molecule has 0 aliphatic carbocycles. The summed E-state index contributed by atoms with van der Waals surface area (Å²) < 4.78 is 10.6. The minimum Gasteiger partial charge on any atom is -0.388 e. The van der Waals surface area contributed by atoms with Gasteiger partial charge in [-0.2, -0.15) is 0 Å². The highest BCUT2D eigenvalue weighted by atomic mass is 16.5. The summed E-state index contributed by atoms with van der Waals surface area (Å²) in [5, 5.41) is 12.8. The number of hydrogen-bond acceptors (Lipinski definition) is 4. The molecule has 1 fully saturated rings. The summed E-state index contributed by atoms with van der Waals surface area (Å²) >= 11 is 0. The highest BCUT2D eigenvalue weighted by Gasteiger charge is 2.13. The number of rotatable bonds is 7. The van der Waals surface area contributed by atoms with Crippen LogP contribution >= 0.6 is 0 Å². The topological polar surface area (TPSA) is 50.7 Å². The second kappa shape index (κ2) is 8.05. The highest BCUT2D eigenvalue weighted by Crippen LogP contribution is 2.11. The zero-order valence-electron chi connectivity index (χ0n) is 9.58. The van der Waals surface area contributed by atoms with E-state index < -0.39 is 6.10 Å². The fraction of sp³-hybridized carbons (Fsp3) is 1.00. The summed E-state index contributed by atoms with van der Waals surface area (Å²) in [4.78, 5) is 0. The average Bonchev–Trinajstić information content (AvgIpc) is 2.28. The van der Waals surface area contributed by atoms with Gasteiger partial charge in [0.05, 0.1) is 13.2 Å². The Bertz CT molecular complexity index is 149. The lowest BCUT2D eigenvalue weighted by molar-refractivity contribution is -0.0258. The number of ether oxygens (including phenoxy) is 2. The van der Waals surface area contributed by atoms with Crippen LogP contribution in [0.5, 0.6) is 0 Å². The van der Waals surface area contributed by atoms with Gasteiger partial charge in [-0.15, -0.1) is 0 Å². The third kappa shape index (κ3) is 6.10. The van der Waals surface area contributed by atoms with Gasteiger partial charge in [0.25, 0.3) is 0 Å². The van der Waals surface area contributed by atoms with Crippen LogP contribution in [0.25, 0.3) is 0 Å². The van der Waals surface area contributed by atoms with Crippen LogP contribution in [0.15, 0.2) is 0 Å². The lowest BCUT2D eigenvalue weighted by Gasteiger charge is -2.22. The first-order valence-corrected chi connectivity index (χ1v) is 5.87. The molecule has 90 valence electrons.